The third-order valence-electron chi connectivity index (χ3n) is 4.62. The average molecular weight is 448 g/mol. The van der Waals surface area contributed by atoms with E-state index < -0.39 is 0 Å². The van der Waals surface area contributed by atoms with E-state index in [2.05, 4.69) is 60.1 Å². The third kappa shape index (κ3) is 4.52. The molecule has 0 N–H and O–H groups in total. The summed E-state index contributed by atoms with van der Waals surface area (Å²) in [7, 11) is 0. The Morgan fingerprint density at radius 2 is 1.65 bits per heavy atom. The fraction of sp³-hybridized carbons (Fsp3) is 0.217. The first-order chi connectivity index (χ1) is 12.5. The summed E-state index contributed by atoms with van der Waals surface area (Å²) in [5.41, 5.74) is 6.23. The highest BCUT2D eigenvalue weighted by Crippen LogP contribution is 2.32. The molecule has 0 aliphatic rings. The summed E-state index contributed by atoms with van der Waals surface area (Å²) in [5, 5.41) is 1.61. The molecule has 0 spiro atoms. The standard InChI is InChI=1S/C23H21BrCl2/c1-15(2)20-7-4-8-23(26)22(20)11-9-17-13-18(24)10-12-21(17)16-5-3-6-19(25)14-16/h3-8,10,12-15H,9,11H2,1-2H3. The van der Waals surface area contributed by atoms with Gasteiger partial charge in [-0.3, -0.25) is 0 Å². The van der Waals surface area contributed by atoms with Crippen LogP contribution in [-0.4, -0.2) is 0 Å². The van der Waals surface area contributed by atoms with Crippen LogP contribution in [0.5, 0.6) is 0 Å². The molecule has 0 radical (unpaired) electrons. The molecule has 134 valence electrons. The summed E-state index contributed by atoms with van der Waals surface area (Å²) in [6.45, 7) is 4.43. The summed E-state index contributed by atoms with van der Waals surface area (Å²) in [5.74, 6) is 0.457. The van der Waals surface area contributed by atoms with E-state index in [4.69, 9.17) is 23.2 Å². The van der Waals surface area contributed by atoms with Crippen LogP contribution in [0.1, 0.15) is 36.5 Å². The Hall–Kier alpha value is -1.28. The quantitative estimate of drug-likeness (QED) is 0.368. The van der Waals surface area contributed by atoms with Crippen LogP contribution >= 0.6 is 39.1 Å². The molecule has 0 saturated carbocycles. The maximum absolute atomic E-state index is 6.52. The Kier molecular flexibility index (Phi) is 6.45. The van der Waals surface area contributed by atoms with Gasteiger partial charge in [-0.1, -0.05) is 83.3 Å². The fourth-order valence-corrected chi connectivity index (χ4v) is 4.22. The molecule has 0 aromatic heterocycles. The summed E-state index contributed by atoms with van der Waals surface area (Å²) < 4.78 is 1.08. The molecule has 0 saturated heterocycles. The highest BCUT2D eigenvalue weighted by Gasteiger charge is 2.12. The van der Waals surface area contributed by atoms with E-state index >= 15 is 0 Å². The molecule has 0 fully saturated rings. The first kappa shape index (κ1) is 19.5. The predicted molar refractivity (Wildman–Crippen MR) is 118 cm³/mol. The second-order valence-electron chi connectivity index (χ2n) is 6.77. The van der Waals surface area contributed by atoms with E-state index in [-0.39, 0.29) is 0 Å². The van der Waals surface area contributed by atoms with Crippen LogP contribution in [-0.2, 0) is 12.8 Å². The van der Waals surface area contributed by atoms with Crippen molar-refractivity contribution in [2.45, 2.75) is 32.6 Å². The average Bonchev–Trinajstić information content (AvgIpc) is 2.60. The first-order valence-electron chi connectivity index (χ1n) is 8.77. The molecule has 0 aliphatic heterocycles. The molecule has 0 amide bonds. The minimum atomic E-state index is 0.457. The van der Waals surface area contributed by atoms with Gasteiger partial charge in [-0.25, -0.2) is 0 Å². The van der Waals surface area contributed by atoms with Crippen molar-refractivity contribution in [1.29, 1.82) is 0 Å². The zero-order valence-electron chi connectivity index (χ0n) is 14.9. The number of benzene rings is 3. The van der Waals surface area contributed by atoms with Gasteiger partial charge in [0.2, 0.25) is 0 Å². The largest absolute Gasteiger partial charge is 0.0843 e. The van der Waals surface area contributed by atoms with Crippen molar-refractivity contribution in [2.24, 2.45) is 0 Å². The smallest absolute Gasteiger partial charge is 0.0440 e. The van der Waals surface area contributed by atoms with E-state index in [0.29, 0.717) is 5.92 Å². The molecule has 0 atom stereocenters. The molecule has 0 unspecified atom stereocenters. The minimum absolute atomic E-state index is 0.457. The number of halogens is 3. The van der Waals surface area contributed by atoms with E-state index in [9.17, 15) is 0 Å². The van der Waals surface area contributed by atoms with Gasteiger partial charge >= 0.3 is 0 Å². The van der Waals surface area contributed by atoms with Crippen LogP contribution in [0.15, 0.2) is 65.1 Å². The van der Waals surface area contributed by atoms with E-state index in [0.717, 1.165) is 32.9 Å². The van der Waals surface area contributed by atoms with E-state index in [1.54, 1.807) is 0 Å². The lowest BCUT2D eigenvalue weighted by molar-refractivity contribution is 0.829. The molecular weight excluding hydrogens is 427 g/mol. The maximum atomic E-state index is 6.52. The van der Waals surface area contributed by atoms with Crippen molar-refractivity contribution >= 4 is 39.1 Å². The molecular formula is C23H21BrCl2. The van der Waals surface area contributed by atoms with Crippen LogP contribution in [0.25, 0.3) is 11.1 Å². The van der Waals surface area contributed by atoms with Crippen molar-refractivity contribution in [3.63, 3.8) is 0 Å². The van der Waals surface area contributed by atoms with Crippen LogP contribution in [0.4, 0.5) is 0 Å². The van der Waals surface area contributed by atoms with Gasteiger partial charge in [0.1, 0.15) is 0 Å². The van der Waals surface area contributed by atoms with Gasteiger partial charge in [-0.15, -0.1) is 0 Å². The van der Waals surface area contributed by atoms with Crippen molar-refractivity contribution in [2.75, 3.05) is 0 Å². The number of hydrogen-bond donors (Lipinski definition) is 0. The van der Waals surface area contributed by atoms with Gasteiger partial charge in [0, 0.05) is 14.5 Å². The molecule has 3 aromatic rings. The lowest BCUT2D eigenvalue weighted by Crippen LogP contribution is -2.01. The summed E-state index contributed by atoms with van der Waals surface area (Å²) in [4.78, 5) is 0. The number of aryl methyl sites for hydroxylation is 1. The monoisotopic (exact) mass is 446 g/mol. The van der Waals surface area contributed by atoms with Gasteiger partial charge < -0.3 is 0 Å². The maximum Gasteiger partial charge on any atom is 0.0440 e. The molecule has 3 heteroatoms. The predicted octanol–water partition coefficient (Wildman–Crippen LogP) is 8.33. The van der Waals surface area contributed by atoms with Crippen LogP contribution in [0.3, 0.4) is 0 Å². The Bertz CT molecular complexity index is 916. The van der Waals surface area contributed by atoms with Crippen molar-refractivity contribution in [1.82, 2.24) is 0 Å². The zero-order chi connectivity index (χ0) is 18.7. The van der Waals surface area contributed by atoms with Gasteiger partial charge in [0.05, 0.1) is 0 Å². The Morgan fingerprint density at radius 1 is 0.885 bits per heavy atom. The highest BCUT2D eigenvalue weighted by atomic mass is 79.9. The molecule has 0 nitrogen and oxygen atoms in total. The van der Waals surface area contributed by atoms with Crippen LogP contribution in [0.2, 0.25) is 10.0 Å². The SMILES string of the molecule is CC(C)c1cccc(Cl)c1CCc1cc(Br)ccc1-c1cccc(Cl)c1. The molecule has 3 aromatic carbocycles. The topological polar surface area (TPSA) is 0 Å². The van der Waals surface area contributed by atoms with Gasteiger partial charge in [0.15, 0.2) is 0 Å². The van der Waals surface area contributed by atoms with Gasteiger partial charge in [-0.2, -0.15) is 0 Å². The first-order valence-corrected chi connectivity index (χ1v) is 10.3. The third-order valence-corrected chi connectivity index (χ3v) is 5.71. The summed E-state index contributed by atoms with van der Waals surface area (Å²) in [6.07, 6.45) is 1.84. The van der Waals surface area contributed by atoms with Gasteiger partial charge in [-0.05, 0) is 76.9 Å². The normalized spacial score (nSPS) is 11.2. The molecule has 26 heavy (non-hydrogen) atoms. The van der Waals surface area contributed by atoms with Gasteiger partial charge in [0.25, 0.3) is 0 Å². The Morgan fingerprint density at radius 3 is 2.38 bits per heavy atom. The minimum Gasteiger partial charge on any atom is -0.0843 e. The van der Waals surface area contributed by atoms with Crippen LogP contribution in [0, 0.1) is 0 Å². The molecule has 0 heterocycles. The summed E-state index contributed by atoms with van der Waals surface area (Å²) in [6, 6.07) is 20.7. The van der Waals surface area contributed by atoms with E-state index in [1.807, 2.05) is 30.3 Å². The lowest BCUT2D eigenvalue weighted by Gasteiger charge is -2.16. The van der Waals surface area contributed by atoms with Crippen molar-refractivity contribution in [3.8, 4) is 11.1 Å². The summed E-state index contributed by atoms with van der Waals surface area (Å²) >= 11 is 16.3. The number of rotatable bonds is 5. The Balaban J connectivity index is 1.96. The lowest BCUT2D eigenvalue weighted by atomic mass is 9.91. The number of hydrogen-bond acceptors (Lipinski definition) is 0. The fourth-order valence-electron chi connectivity index (χ4n) is 3.35. The van der Waals surface area contributed by atoms with E-state index in [1.165, 1.54) is 22.3 Å². The Labute approximate surface area is 174 Å². The molecule has 0 bridgehead atoms. The van der Waals surface area contributed by atoms with Crippen molar-refractivity contribution < 1.29 is 0 Å². The second kappa shape index (κ2) is 8.61. The molecule has 0 aliphatic carbocycles. The highest BCUT2D eigenvalue weighted by molar-refractivity contribution is 9.10. The van der Waals surface area contributed by atoms with Crippen molar-refractivity contribution in [3.05, 3.63) is 91.9 Å². The zero-order valence-corrected chi connectivity index (χ0v) is 18.0. The van der Waals surface area contributed by atoms with Crippen LogP contribution < -0.4 is 0 Å². The second-order valence-corrected chi connectivity index (χ2v) is 8.53. The molecule has 3 rings (SSSR count).